The largest absolute Gasteiger partial charge is 0.481 e. The summed E-state index contributed by atoms with van der Waals surface area (Å²) in [6, 6.07) is 5.59. The van der Waals surface area contributed by atoms with Crippen LogP contribution in [-0.4, -0.2) is 41.2 Å². The molecule has 1 unspecified atom stereocenters. The molecule has 1 rings (SSSR count). The summed E-state index contributed by atoms with van der Waals surface area (Å²) in [6.45, 7) is 5.66. The topological polar surface area (TPSA) is 62.7 Å². The summed E-state index contributed by atoms with van der Waals surface area (Å²) in [7, 11) is 1.58. The van der Waals surface area contributed by atoms with Gasteiger partial charge in [-0.25, -0.2) is 4.98 Å². The number of carboxylic acids is 1. The van der Waals surface area contributed by atoms with Crippen molar-refractivity contribution >= 4 is 5.97 Å². The van der Waals surface area contributed by atoms with E-state index in [-0.39, 0.29) is 5.92 Å². The van der Waals surface area contributed by atoms with Crippen LogP contribution in [0.2, 0.25) is 0 Å². The van der Waals surface area contributed by atoms with E-state index in [1.807, 2.05) is 19.1 Å². The van der Waals surface area contributed by atoms with Crippen LogP contribution in [0.5, 0.6) is 5.88 Å². The number of hydrogen-bond acceptors (Lipinski definition) is 4. The second-order valence-electron chi connectivity index (χ2n) is 4.24. The van der Waals surface area contributed by atoms with Crippen molar-refractivity contribution in [1.29, 1.82) is 0 Å². The fourth-order valence-electron chi connectivity index (χ4n) is 1.66. The van der Waals surface area contributed by atoms with Crippen LogP contribution in [0.25, 0.3) is 0 Å². The molecule has 0 spiro atoms. The van der Waals surface area contributed by atoms with E-state index in [0.717, 1.165) is 12.2 Å². The molecule has 0 radical (unpaired) electrons. The molecule has 5 heteroatoms. The summed E-state index contributed by atoms with van der Waals surface area (Å²) in [6.07, 6.45) is 0. The Morgan fingerprint density at radius 2 is 2.28 bits per heavy atom. The first kappa shape index (κ1) is 14.4. The van der Waals surface area contributed by atoms with Crippen molar-refractivity contribution in [1.82, 2.24) is 9.88 Å². The average molecular weight is 252 g/mol. The van der Waals surface area contributed by atoms with Gasteiger partial charge in [0.2, 0.25) is 5.88 Å². The van der Waals surface area contributed by atoms with Crippen LogP contribution in [0.4, 0.5) is 0 Å². The molecule has 18 heavy (non-hydrogen) atoms. The summed E-state index contributed by atoms with van der Waals surface area (Å²) in [5.41, 5.74) is 0.883. The Hall–Kier alpha value is -1.62. The van der Waals surface area contributed by atoms with Crippen molar-refractivity contribution in [2.24, 2.45) is 5.92 Å². The number of ether oxygens (including phenoxy) is 1. The fourth-order valence-corrected chi connectivity index (χ4v) is 1.66. The van der Waals surface area contributed by atoms with Gasteiger partial charge in [0.05, 0.1) is 18.7 Å². The second kappa shape index (κ2) is 6.96. The molecule has 1 atom stereocenters. The van der Waals surface area contributed by atoms with Gasteiger partial charge in [-0.2, -0.15) is 0 Å². The molecule has 0 saturated heterocycles. The molecule has 0 bridgehead atoms. The zero-order valence-corrected chi connectivity index (χ0v) is 11.1. The summed E-state index contributed by atoms with van der Waals surface area (Å²) < 4.78 is 5.07. The summed E-state index contributed by atoms with van der Waals surface area (Å²) in [5, 5.41) is 8.91. The highest BCUT2D eigenvalue weighted by Gasteiger charge is 2.15. The third kappa shape index (κ3) is 4.33. The van der Waals surface area contributed by atoms with E-state index in [0.29, 0.717) is 19.0 Å². The van der Waals surface area contributed by atoms with Crippen LogP contribution in [0.15, 0.2) is 18.2 Å². The molecular weight excluding hydrogens is 232 g/mol. The average Bonchev–Trinajstić information content (AvgIpc) is 2.37. The monoisotopic (exact) mass is 252 g/mol. The Labute approximate surface area is 107 Å². The lowest BCUT2D eigenvalue weighted by Gasteiger charge is -2.22. The lowest BCUT2D eigenvalue weighted by Crippen LogP contribution is -2.31. The molecule has 100 valence electrons. The van der Waals surface area contributed by atoms with Gasteiger partial charge in [0.15, 0.2) is 0 Å². The summed E-state index contributed by atoms with van der Waals surface area (Å²) in [4.78, 5) is 17.2. The summed E-state index contributed by atoms with van der Waals surface area (Å²) >= 11 is 0. The maximum atomic E-state index is 10.8. The maximum Gasteiger partial charge on any atom is 0.307 e. The van der Waals surface area contributed by atoms with Gasteiger partial charge in [-0.1, -0.05) is 19.9 Å². The van der Waals surface area contributed by atoms with E-state index in [4.69, 9.17) is 9.84 Å². The van der Waals surface area contributed by atoms with Crippen molar-refractivity contribution in [3.8, 4) is 5.88 Å². The lowest BCUT2D eigenvalue weighted by molar-refractivity contribution is -0.141. The first-order valence-corrected chi connectivity index (χ1v) is 6.01. The van der Waals surface area contributed by atoms with Crippen molar-refractivity contribution < 1.29 is 14.6 Å². The molecule has 0 amide bonds. The summed E-state index contributed by atoms with van der Waals surface area (Å²) in [5.74, 6) is -0.572. The Balaban J connectivity index is 2.64. The zero-order valence-electron chi connectivity index (χ0n) is 11.1. The molecule has 0 aliphatic carbocycles. The molecule has 0 fully saturated rings. The highest BCUT2D eigenvalue weighted by Crippen LogP contribution is 2.10. The first-order chi connectivity index (χ1) is 8.56. The molecule has 1 N–H and O–H groups in total. The number of carbonyl (C=O) groups is 1. The standard InChI is InChI=1S/C13H20N2O3/c1-4-15(8-10(2)13(16)17)9-11-6-5-7-12(14-11)18-3/h5-7,10H,4,8-9H2,1-3H3,(H,16,17). The number of nitrogens with zero attached hydrogens (tertiary/aromatic N) is 2. The molecule has 1 aromatic rings. The number of carboxylic acid groups (broad SMARTS) is 1. The lowest BCUT2D eigenvalue weighted by atomic mass is 10.1. The molecule has 5 nitrogen and oxygen atoms in total. The van der Waals surface area contributed by atoms with Gasteiger partial charge in [0.1, 0.15) is 0 Å². The van der Waals surface area contributed by atoms with Gasteiger partial charge in [-0.05, 0) is 12.6 Å². The Kier molecular flexibility index (Phi) is 5.58. The minimum atomic E-state index is -0.771. The first-order valence-electron chi connectivity index (χ1n) is 6.01. The number of aliphatic carboxylic acids is 1. The molecule has 0 aromatic carbocycles. The zero-order chi connectivity index (χ0) is 13.5. The van der Waals surface area contributed by atoms with Crippen LogP contribution in [0.3, 0.4) is 0 Å². The third-order valence-electron chi connectivity index (χ3n) is 2.78. The van der Waals surface area contributed by atoms with Crippen LogP contribution < -0.4 is 4.74 Å². The molecule has 0 aliphatic heterocycles. The molecular formula is C13H20N2O3. The smallest absolute Gasteiger partial charge is 0.307 e. The Bertz CT molecular complexity index is 396. The van der Waals surface area contributed by atoms with Gasteiger partial charge in [0.25, 0.3) is 0 Å². The predicted molar refractivity (Wildman–Crippen MR) is 68.5 cm³/mol. The van der Waals surface area contributed by atoms with E-state index in [9.17, 15) is 4.79 Å². The minimum absolute atomic E-state index is 0.379. The van der Waals surface area contributed by atoms with Gasteiger partial charge >= 0.3 is 5.97 Å². The second-order valence-corrected chi connectivity index (χ2v) is 4.24. The Morgan fingerprint density at radius 3 is 2.83 bits per heavy atom. The Morgan fingerprint density at radius 1 is 1.56 bits per heavy atom. The molecule has 0 saturated carbocycles. The molecule has 1 aromatic heterocycles. The van der Waals surface area contributed by atoms with E-state index in [1.165, 1.54) is 0 Å². The quantitative estimate of drug-likeness (QED) is 0.799. The van der Waals surface area contributed by atoms with Crippen molar-refractivity contribution in [2.45, 2.75) is 20.4 Å². The van der Waals surface area contributed by atoms with Gasteiger partial charge < -0.3 is 9.84 Å². The third-order valence-corrected chi connectivity index (χ3v) is 2.78. The number of pyridine rings is 1. The van der Waals surface area contributed by atoms with E-state index in [1.54, 1.807) is 20.1 Å². The van der Waals surface area contributed by atoms with Crippen LogP contribution >= 0.6 is 0 Å². The predicted octanol–water partition coefficient (Wildman–Crippen LogP) is 1.63. The van der Waals surface area contributed by atoms with Crippen LogP contribution in [0.1, 0.15) is 19.5 Å². The molecule has 1 heterocycles. The van der Waals surface area contributed by atoms with Gasteiger partial charge in [-0.3, -0.25) is 9.69 Å². The fraction of sp³-hybridized carbons (Fsp3) is 0.538. The number of hydrogen-bond donors (Lipinski definition) is 1. The van der Waals surface area contributed by atoms with Gasteiger partial charge in [0, 0.05) is 19.2 Å². The normalized spacial score (nSPS) is 12.4. The van der Waals surface area contributed by atoms with E-state index in [2.05, 4.69) is 9.88 Å². The van der Waals surface area contributed by atoms with Crippen molar-refractivity contribution in [2.75, 3.05) is 20.2 Å². The van der Waals surface area contributed by atoms with Crippen molar-refractivity contribution in [3.63, 3.8) is 0 Å². The van der Waals surface area contributed by atoms with Crippen LogP contribution in [0, 0.1) is 5.92 Å². The van der Waals surface area contributed by atoms with Gasteiger partial charge in [-0.15, -0.1) is 0 Å². The highest BCUT2D eigenvalue weighted by atomic mass is 16.5. The highest BCUT2D eigenvalue weighted by molar-refractivity contribution is 5.69. The van der Waals surface area contributed by atoms with Crippen molar-refractivity contribution in [3.05, 3.63) is 23.9 Å². The number of rotatable bonds is 7. The maximum absolute atomic E-state index is 10.8. The number of methoxy groups -OCH3 is 1. The van der Waals surface area contributed by atoms with Crippen LogP contribution in [-0.2, 0) is 11.3 Å². The SMILES string of the molecule is CCN(Cc1cccc(OC)n1)CC(C)C(=O)O. The molecule has 0 aliphatic rings. The van der Waals surface area contributed by atoms with E-state index < -0.39 is 5.97 Å². The van der Waals surface area contributed by atoms with E-state index >= 15 is 0 Å². The minimum Gasteiger partial charge on any atom is -0.481 e. The number of aromatic nitrogens is 1.